The molecule has 1 fully saturated rings. The quantitative estimate of drug-likeness (QED) is 0.440. The molecule has 1 rings (SSSR count). The minimum Gasteiger partial charge on any atom is -0.414 e. The average molecular weight is 158 g/mol. The minimum atomic E-state index is 0.260. The van der Waals surface area contributed by atoms with Gasteiger partial charge >= 0.3 is 7.69 Å². The van der Waals surface area contributed by atoms with Gasteiger partial charge in [0, 0.05) is 13.2 Å². The van der Waals surface area contributed by atoms with Crippen molar-refractivity contribution in [1.82, 2.24) is 0 Å². The van der Waals surface area contributed by atoms with Crippen molar-refractivity contribution < 1.29 is 14.0 Å². The summed E-state index contributed by atoms with van der Waals surface area (Å²) >= 11 is 0. The van der Waals surface area contributed by atoms with Crippen LogP contribution in [0.5, 0.6) is 0 Å². The molecule has 0 aliphatic carbocycles. The highest BCUT2D eigenvalue weighted by molar-refractivity contribution is 6.18. The molecule has 0 aromatic heterocycles. The Balaban J connectivity index is 1.96. The number of hydrogen-bond acceptors (Lipinski definition) is 3. The van der Waals surface area contributed by atoms with Crippen molar-refractivity contribution in [2.45, 2.75) is 25.9 Å². The van der Waals surface area contributed by atoms with Crippen LogP contribution in [0.2, 0.25) is 0 Å². The first kappa shape index (κ1) is 9.04. The Hall–Kier alpha value is -0.0551. The molecule has 11 heavy (non-hydrogen) atoms. The summed E-state index contributed by atoms with van der Waals surface area (Å²) in [7, 11) is 0.407. The van der Waals surface area contributed by atoms with Gasteiger partial charge in [0.15, 0.2) is 0 Å². The molecule has 4 heteroatoms. The van der Waals surface area contributed by atoms with Gasteiger partial charge in [0.1, 0.15) is 0 Å². The van der Waals surface area contributed by atoms with Crippen LogP contribution in [0.3, 0.4) is 0 Å². The Kier molecular flexibility index (Phi) is 4.58. The maximum atomic E-state index is 5.38. The summed E-state index contributed by atoms with van der Waals surface area (Å²) in [5.41, 5.74) is 0. The number of hydrogen-bond donors (Lipinski definition) is 0. The highest BCUT2D eigenvalue weighted by Crippen LogP contribution is 2.08. The third-order valence-electron chi connectivity index (χ3n) is 1.71. The Morgan fingerprint density at radius 1 is 1.64 bits per heavy atom. The van der Waals surface area contributed by atoms with Crippen molar-refractivity contribution in [3.63, 3.8) is 0 Å². The normalized spacial score (nSPS) is 25.0. The molecule has 0 amide bonds. The van der Waals surface area contributed by atoms with Crippen LogP contribution in [0.1, 0.15) is 19.8 Å². The topological polar surface area (TPSA) is 27.7 Å². The van der Waals surface area contributed by atoms with Crippen LogP contribution in [0.15, 0.2) is 0 Å². The Morgan fingerprint density at radius 3 is 3.18 bits per heavy atom. The monoisotopic (exact) mass is 158 g/mol. The predicted molar refractivity (Wildman–Crippen MR) is 43.7 cm³/mol. The lowest BCUT2D eigenvalue weighted by molar-refractivity contribution is -0.0000688. The first-order valence-electron chi connectivity index (χ1n) is 4.20. The first-order chi connectivity index (χ1) is 5.43. The van der Waals surface area contributed by atoms with E-state index in [1.54, 1.807) is 0 Å². The van der Waals surface area contributed by atoms with Crippen molar-refractivity contribution in [2.24, 2.45) is 0 Å². The molecule has 0 radical (unpaired) electrons. The lowest BCUT2D eigenvalue weighted by Crippen LogP contribution is -2.27. The van der Waals surface area contributed by atoms with Gasteiger partial charge in [-0.05, 0) is 19.8 Å². The van der Waals surface area contributed by atoms with Crippen LogP contribution in [0, 0.1) is 0 Å². The lowest BCUT2D eigenvalue weighted by atomic mass is 10.1. The summed E-state index contributed by atoms with van der Waals surface area (Å²) in [5, 5.41) is 0. The zero-order valence-corrected chi connectivity index (χ0v) is 7.04. The summed E-state index contributed by atoms with van der Waals surface area (Å²) in [6.45, 7) is 4.29. The summed E-state index contributed by atoms with van der Waals surface area (Å²) in [6, 6.07) is 0. The highest BCUT2D eigenvalue weighted by Gasteiger charge is 2.13. The van der Waals surface area contributed by atoms with E-state index >= 15 is 0 Å². The van der Waals surface area contributed by atoms with E-state index < -0.39 is 0 Å². The third-order valence-corrected chi connectivity index (χ3v) is 1.71. The number of ether oxygens (including phenoxy) is 1. The fourth-order valence-electron chi connectivity index (χ4n) is 1.07. The van der Waals surface area contributed by atoms with E-state index in [1.807, 2.05) is 6.92 Å². The highest BCUT2D eigenvalue weighted by atomic mass is 16.6. The molecule has 0 saturated carbocycles. The fraction of sp³-hybridized carbons (Fsp3) is 1.00. The zero-order chi connectivity index (χ0) is 7.94. The van der Waals surface area contributed by atoms with Gasteiger partial charge in [-0.25, -0.2) is 0 Å². The van der Waals surface area contributed by atoms with Crippen molar-refractivity contribution in [2.75, 3.05) is 19.8 Å². The van der Waals surface area contributed by atoms with Crippen LogP contribution in [-0.4, -0.2) is 33.6 Å². The van der Waals surface area contributed by atoms with Crippen LogP contribution >= 0.6 is 0 Å². The standard InChI is InChI=1S/C7H15BO3/c1-2-10-8-11-7-4-3-5-9-6-7/h7-8H,2-6H2,1H3. The molecule has 64 valence electrons. The number of rotatable bonds is 4. The third kappa shape index (κ3) is 3.75. The van der Waals surface area contributed by atoms with E-state index in [9.17, 15) is 0 Å². The van der Waals surface area contributed by atoms with Crippen LogP contribution in [0.4, 0.5) is 0 Å². The summed E-state index contributed by atoms with van der Waals surface area (Å²) in [5.74, 6) is 0. The van der Waals surface area contributed by atoms with E-state index in [-0.39, 0.29) is 6.10 Å². The van der Waals surface area contributed by atoms with Crippen LogP contribution in [-0.2, 0) is 14.0 Å². The summed E-state index contributed by atoms with van der Waals surface area (Å²) < 4.78 is 15.7. The first-order valence-corrected chi connectivity index (χ1v) is 4.20. The molecule has 1 heterocycles. The Bertz CT molecular complexity index is 93.7. The molecular formula is C7H15BO3. The van der Waals surface area contributed by atoms with E-state index in [2.05, 4.69) is 0 Å². The van der Waals surface area contributed by atoms with Gasteiger partial charge in [-0.15, -0.1) is 0 Å². The van der Waals surface area contributed by atoms with Gasteiger partial charge in [-0.3, -0.25) is 0 Å². The van der Waals surface area contributed by atoms with Gasteiger partial charge in [-0.2, -0.15) is 0 Å². The molecule has 1 aliphatic heterocycles. The van der Waals surface area contributed by atoms with E-state index in [0.29, 0.717) is 14.3 Å². The molecule has 1 aliphatic rings. The predicted octanol–water partition coefficient (Wildman–Crippen LogP) is 0.485. The van der Waals surface area contributed by atoms with E-state index in [4.69, 9.17) is 14.0 Å². The Morgan fingerprint density at radius 2 is 2.55 bits per heavy atom. The molecule has 1 atom stereocenters. The van der Waals surface area contributed by atoms with Crippen LogP contribution in [0.25, 0.3) is 0 Å². The van der Waals surface area contributed by atoms with Gasteiger partial charge in [0.25, 0.3) is 0 Å². The van der Waals surface area contributed by atoms with Gasteiger partial charge in [0.05, 0.1) is 12.7 Å². The molecule has 0 aromatic carbocycles. The molecule has 3 nitrogen and oxygen atoms in total. The molecule has 0 spiro atoms. The molecule has 1 unspecified atom stereocenters. The van der Waals surface area contributed by atoms with Crippen molar-refractivity contribution in [3.05, 3.63) is 0 Å². The Labute approximate surface area is 68.3 Å². The summed E-state index contributed by atoms with van der Waals surface area (Å²) in [4.78, 5) is 0. The maximum Gasteiger partial charge on any atom is 0.438 e. The SMILES string of the molecule is CCOBOC1CCCOC1. The molecular weight excluding hydrogens is 143 g/mol. The van der Waals surface area contributed by atoms with Crippen molar-refractivity contribution >= 4 is 7.69 Å². The van der Waals surface area contributed by atoms with E-state index in [0.717, 1.165) is 26.1 Å². The smallest absolute Gasteiger partial charge is 0.414 e. The maximum absolute atomic E-state index is 5.38. The van der Waals surface area contributed by atoms with Gasteiger partial charge in [-0.1, -0.05) is 0 Å². The van der Waals surface area contributed by atoms with E-state index in [1.165, 1.54) is 0 Å². The largest absolute Gasteiger partial charge is 0.438 e. The van der Waals surface area contributed by atoms with Crippen molar-refractivity contribution in [1.29, 1.82) is 0 Å². The van der Waals surface area contributed by atoms with Gasteiger partial charge in [0.2, 0.25) is 0 Å². The van der Waals surface area contributed by atoms with Crippen molar-refractivity contribution in [3.8, 4) is 0 Å². The second kappa shape index (κ2) is 5.58. The molecule has 0 aromatic rings. The second-order valence-corrected chi connectivity index (χ2v) is 2.62. The molecule has 0 N–H and O–H groups in total. The fourth-order valence-corrected chi connectivity index (χ4v) is 1.07. The second-order valence-electron chi connectivity index (χ2n) is 2.62. The average Bonchev–Trinajstić information content (AvgIpc) is 2.07. The van der Waals surface area contributed by atoms with Crippen LogP contribution < -0.4 is 0 Å². The summed E-state index contributed by atoms with van der Waals surface area (Å²) in [6.07, 6.45) is 2.47. The minimum absolute atomic E-state index is 0.260. The van der Waals surface area contributed by atoms with Gasteiger partial charge < -0.3 is 14.0 Å². The molecule has 0 bridgehead atoms. The zero-order valence-electron chi connectivity index (χ0n) is 7.04. The molecule has 1 saturated heterocycles. The lowest BCUT2D eigenvalue weighted by Gasteiger charge is -2.21.